The number of benzene rings is 1. The van der Waals surface area contributed by atoms with E-state index in [0.717, 1.165) is 26.2 Å². The minimum absolute atomic E-state index is 0.374. The van der Waals surface area contributed by atoms with Crippen molar-refractivity contribution in [2.75, 3.05) is 38.0 Å². The standard InChI is InChI=1S/C21H22FN7O2S/c1-2-27-9-10-28(32-27)8-7-24-20-23-6-5-16(25-20)19-18(26-21-29(19)11-12-31-21)14-3-4-15(22)17(30)13-14/h3-6,11-13,30H,2,7-10H2,1H3,(H,23,24,25). The number of nitrogens with zero attached hydrogens (tertiary/aromatic N) is 6. The zero-order valence-electron chi connectivity index (χ0n) is 17.4. The number of likely N-dealkylation sites (N-methyl/N-ethyl adjacent to an activating group) is 1. The predicted octanol–water partition coefficient (Wildman–Crippen LogP) is 3.51. The molecule has 11 heteroatoms. The summed E-state index contributed by atoms with van der Waals surface area (Å²) in [6, 6.07) is 5.89. The molecule has 1 aliphatic rings. The van der Waals surface area contributed by atoms with Crippen molar-refractivity contribution in [2.24, 2.45) is 0 Å². The lowest BCUT2D eigenvalue weighted by molar-refractivity contribution is 0.432. The molecule has 2 N–H and O–H groups in total. The molecule has 0 amide bonds. The maximum Gasteiger partial charge on any atom is 0.306 e. The molecule has 0 bridgehead atoms. The molecule has 1 aliphatic heterocycles. The van der Waals surface area contributed by atoms with Gasteiger partial charge in [-0.05, 0) is 24.3 Å². The van der Waals surface area contributed by atoms with Crippen LogP contribution >= 0.6 is 12.1 Å². The summed E-state index contributed by atoms with van der Waals surface area (Å²) in [5, 5.41) is 13.1. The molecular weight excluding hydrogens is 433 g/mol. The lowest BCUT2D eigenvalue weighted by Gasteiger charge is -2.15. The Kier molecular flexibility index (Phi) is 5.68. The van der Waals surface area contributed by atoms with E-state index in [-0.39, 0.29) is 0 Å². The Hall–Kier alpha value is -3.15. The fourth-order valence-corrected chi connectivity index (χ4v) is 4.54. The first-order valence-electron chi connectivity index (χ1n) is 10.3. The molecule has 0 atom stereocenters. The van der Waals surface area contributed by atoms with Gasteiger partial charge in [0.15, 0.2) is 11.6 Å². The number of oxazole rings is 1. The van der Waals surface area contributed by atoms with Crippen LogP contribution in [0.2, 0.25) is 0 Å². The predicted molar refractivity (Wildman–Crippen MR) is 120 cm³/mol. The Labute approximate surface area is 188 Å². The van der Waals surface area contributed by atoms with Gasteiger partial charge in [-0.25, -0.2) is 23.0 Å². The molecule has 0 radical (unpaired) electrons. The average Bonchev–Trinajstić information content (AvgIpc) is 3.52. The van der Waals surface area contributed by atoms with Crippen LogP contribution in [-0.4, -0.2) is 65.8 Å². The molecule has 166 valence electrons. The highest BCUT2D eigenvalue weighted by Gasteiger charge is 2.21. The molecule has 1 fully saturated rings. The van der Waals surface area contributed by atoms with Gasteiger partial charge in [0, 0.05) is 62.8 Å². The van der Waals surface area contributed by atoms with E-state index in [1.807, 2.05) is 0 Å². The zero-order chi connectivity index (χ0) is 22.1. The number of hydrogen-bond donors (Lipinski definition) is 2. The smallest absolute Gasteiger partial charge is 0.306 e. The van der Waals surface area contributed by atoms with Gasteiger partial charge in [-0.2, -0.15) is 4.98 Å². The lowest BCUT2D eigenvalue weighted by atomic mass is 10.1. The minimum Gasteiger partial charge on any atom is -0.505 e. The van der Waals surface area contributed by atoms with Gasteiger partial charge in [0.25, 0.3) is 0 Å². The van der Waals surface area contributed by atoms with E-state index in [2.05, 4.69) is 35.8 Å². The average molecular weight is 456 g/mol. The summed E-state index contributed by atoms with van der Waals surface area (Å²) in [5.41, 5.74) is 2.37. The number of phenolic OH excluding ortho intramolecular Hbond substituents is 1. The number of rotatable bonds is 7. The normalized spacial score (nSPS) is 15.1. The van der Waals surface area contributed by atoms with Crippen LogP contribution in [0, 0.1) is 5.82 Å². The summed E-state index contributed by atoms with van der Waals surface area (Å²) in [5.74, 6) is -0.252. The van der Waals surface area contributed by atoms with Crippen LogP contribution < -0.4 is 5.32 Å². The van der Waals surface area contributed by atoms with Gasteiger partial charge in [-0.15, -0.1) is 0 Å². The maximum absolute atomic E-state index is 13.6. The van der Waals surface area contributed by atoms with Crippen molar-refractivity contribution in [3.8, 4) is 28.4 Å². The van der Waals surface area contributed by atoms with Crippen molar-refractivity contribution in [2.45, 2.75) is 6.92 Å². The Balaban J connectivity index is 1.40. The first-order chi connectivity index (χ1) is 15.6. The molecule has 5 rings (SSSR count). The second-order valence-corrected chi connectivity index (χ2v) is 8.45. The third-order valence-corrected chi connectivity index (χ3v) is 6.47. The van der Waals surface area contributed by atoms with Crippen molar-refractivity contribution in [1.29, 1.82) is 0 Å². The van der Waals surface area contributed by atoms with E-state index in [0.29, 0.717) is 41.0 Å². The van der Waals surface area contributed by atoms with Crippen molar-refractivity contribution >= 4 is 23.9 Å². The molecule has 0 saturated carbocycles. The van der Waals surface area contributed by atoms with Gasteiger partial charge in [0.05, 0.1) is 5.69 Å². The van der Waals surface area contributed by atoms with Gasteiger partial charge < -0.3 is 14.8 Å². The van der Waals surface area contributed by atoms with Gasteiger partial charge in [-0.3, -0.25) is 4.40 Å². The fourth-order valence-electron chi connectivity index (χ4n) is 3.60. The topological polar surface area (TPSA) is 95.0 Å². The van der Waals surface area contributed by atoms with E-state index in [1.165, 1.54) is 18.4 Å². The van der Waals surface area contributed by atoms with Gasteiger partial charge >= 0.3 is 5.84 Å². The Bertz CT molecular complexity index is 1240. The largest absolute Gasteiger partial charge is 0.505 e. The third-order valence-electron chi connectivity index (χ3n) is 5.21. The number of aromatic nitrogens is 4. The van der Waals surface area contributed by atoms with Crippen molar-refractivity contribution < 1.29 is 13.9 Å². The monoisotopic (exact) mass is 455 g/mol. The number of fused-ring (bicyclic) bond motifs is 1. The van der Waals surface area contributed by atoms with Gasteiger partial charge in [-0.1, -0.05) is 6.92 Å². The molecule has 3 aromatic heterocycles. The van der Waals surface area contributed by atoms with Crippen molar-refractivity contribution in [3.63, 3.8) is 0 Å². The highest BCUT2D eigenvalue weighted by molar-refractivity contribution is 7.94. The van der Waals surface area contributed by atoms with Crippen LogP contribution in [-0.2, 0) is 0 Å². The summed E-state index contributed by atoms with van der Waals surface area (Å²) in [6.07, 6.45) is 4.95. The molecule has 4 heterocycles. The number of imidazole rings is 1. The number of anilines is 1. The van der Waals surface area contributed by atoms with Crippen molar-refractivity contribution in [3.05, 3.63) is 48.7 Å². The Morgan fingerprint density at radius 2 is 2.09 bits per heavy atom. The number of phenols is 1. The zero-order valence-corrected chi connectivity index (χ0v) is 18.2. The molecule has 0 unspecified atom stereocenters. The first kappa shape index (κ1) is 20.7. The minimum atomic E-state index is -0.690. The molecule has 1 saturated heterocycles. The van der Waals surface area contributed by atoms with Crippen LogP contribution in [0.25, 0.3) is 28.5 Å². The fraction of sp³-hybridized carbons (Fsp3) is 0.286. The van der Waals surface area contributed by atoms with E-state index in [1.54, 1.807) is 41.1 Å². The van der Waals surface area contributed by atoms with Gasteiger partial charge in [0.2, 0.25) is 5.95 Å². The summed E-state index contributed by atoms with van der Waals surface area (Å²) < 4.78 is 25.4. The number of nitrogens with one attached hydrogen (secondary N) is 1. The summed E-state index contributed by atoms with van der Waals surface area (Å²) >= 11 is 1.77. The summed E-state index contributed by atoms with van der Waals surface area (Å²) in [7, 11) is 0. The molecule has 9 nitrogen and oxygen atoms in total. The number of aromatic hydroxyl groups is 1. The maximum atomic E-state index is 13.6. The lowest BCUT2D eigenvalue weighted by Crippen LogP contribution is -2.22. The molecular formula is C21H22FN7O2S. The SMILES string of the molecule is CCN1CCN(CCNc2nccc(-c3c(-c4ccc(F)c(O)c4)nc4occn34)n2)S1. The molecule has 32 heavy (non-hydrogen) atoms. The van der Waals surface area contributed by atoms with Crippen LogP contribution in [0.5, 0.6) is 5.75 Å². The second kappa shape index (κ2) is 8.77. The van der Waals surface area contributed by atoms with E-state index in [9.17, 15) is 9.50 Å². The van der Waals surface area contributed by atoms with E-state index >= 15 is 0 Å². The van der Waals surface area contributed by atoms with Crippen LogP contribution in [0.15, 0.2) is 47.3 Å². The molecule has 0 aliphatic carbocycles. The molecule has 1 aromatic carbocycles. The van der Waals surface area contributed by atoms with Crippen LogP contribution in [0.4, 0.5) is 10.3 Å². The highest BCUT2D eigenvalue weighted by Crippen LogP contribution is 2.34. The molecule has 0 spiro atoms. The summed E-state index contributed by atoms with van der Waals surface area (Å²) in [6.45, 7) is 6.86. The van der Waals surface area contributed by atoms with E-state index < -0.39 is 11.6 Å². The van der Waals surface area contributed by atoms with E-state index in [4.69, 9.17) is 4.42 Å². The summed E-state index contributed by atoms with van der Waals surface area (Å²) in [4.78, 5) is 13.5. The van der Waals surface area contributed by atoms with Crippen molar-refractivity contribution in [1.82, 2.24) is 28.0 Å². The third kappa shape index (κ3) is 4.01. The number of halogens is 1. The van der Waals surface area contributed by atoms with Gasteiger partial charge in [0.1, 0.15) is 17.7 Å². The van der Waals surface area contributed by atoms with Crippen LogP contribution in [0.1, 0.15) is 6.92 Å². The van der Waals surface area contributed by atoms with Crippen LogP contribution in [0.3, 0.4) is 0 Å². The first-order valence-corrected chi connectivity index (χ1v) is 11.0. The highest BCUT2D eigenvalue weighted by atomic mass is 32.2. The quantitative estimate of drug-likeness (QED) is 0.406. The second-order valence-electron chi connectivity index (χ2n) is 7.26. The Morgan fingerprint density at radius 1 is 1.22 bits per heavy atom. The number of hydrogen-bond acceptors (Lipinski definition) is 9. The molecule has 4 aromatic rings. The Morgan fingerprint density at radius 3 is 2.91 bits per heavy atom.